The van der Waals surface area contributed by atoms with Crippen molar-refractivity contribution < 1.29 is 14.6 Å². The van der Waals surface area contributed by atoms with Crippen molar-refractivity contribution >= 4 is 29.2 Å². The Morgan fingerprint density at radius 1 is 1.42 bits per heavy atom. The Bertz CT molecular complexity index is 585. The van der Waals surface area contributed by atoms with Gasteiger partial charge in [0.2, 0.25) is 0 Å². The zero-order valence-electron chi connectivity index (χ0n) is 9.72. The van der Waals surface area contributed by atoms with Crippen LogP contribution in [-0.4, -0.2) is 27.5 Å². The molecule has 0 atom stereocenters. The van der Waals surface area contributed by atoms with Crippen molar-refractivity contribution in [3.8, 4) is 5.75 Å². The minimum atomic E-state index is -1.14. The van der Waals surface area contributed by atoms with Crippen LogP contribution in [0.3, 0.4) is 0 Å². The summed E-state index contributed by atoms with van der Waals surface area (Å²) in [5, 5.41) is 13.5. The van der Waals surface area contributed by atoms with E-state index in [1.165, 1.54) is 12.1 Å². The maximum absolute atomic E-state index is 11.1. The fourth-order valence-electron chi connectivity index (χ4n) is 1.54. The first kappa shape index (κ1) is 13.7. The van der Waals surface area contributed by atoms with E-state index < -0.39 is 5.97 Å². The molecule has 0 unspecified atom stereocenters. The van der Waals surface area contributed by atoms with E-state index in [0.717, 1.165) is 0 Å². The van der Waals surface area contributed by atoms with Crippen LogP contribution in [0.25, 0.3) is 0 Å². The molecule has 0 aliphatic carbocycles. The van der Waals surface area contributed by atoms with Crippen LogP contribution in [0, 0.1) is 0 Å². The Morgan fingerprint density at radius 3 is 2.84 bits per heavy atom. The summed E-state index contributed by atoms with van der Waals surface area (Å²) in [4.78, 5) is 11.1. The zero-order chi connectivity index (χ0) is 13.8. The third kappa shape index (κ3) is 3.39. The molecule has 19 heavy (non-hydrogen) atoms. The number of carboxylic acid groups (broad SMARTS) is 1. The molecule has 2 rings (SSSR count). The van der Waals surface area contributed by atoms with Crippen LogP contribution in [0.1, 0.15) is 10.4 Å². The lowest BCUT2D eigenvalue weighted by Crippen LogP contribution is -2.11. The van der Waals surface area contributed by atoms with Crippen molar-refractivity contribution in [3.05, 3.63) is 46.2 Å². The molecule has 0 amide bonds. The average Bonchev–Trinajstić information content (AvgIpc) is 2.84. The van der Waals surface area contributed by atoms with Crippen LogP contribution in [0.15, 0.2) is 30.6 Å². The molecule has 1 N–H and O–H groups in total. The lowest BCUT2D eigenvalue weighted by molar-refractivity contribution is 0.0692. The summed E-state index contributed by atoms with van der Waals surface area (Å²) in [5.41, 5.74) is -0.0574. The third-order valence-corrected chi connectivity index (χ3v) is 2.86. The molecule has 1 aromatic heterocycles. The van der Waals surface area contributed by atoms with E-state index in [0.29, 0.717) is 6.54 Å². The minimum Gasteiger partial charge on any atom is -0.489 e. The largest absolute Gasteiger partial charge is 0.489 e. The molecular weight excluding hydrogens is 291 g/mol. The highest BCUT2D eigenvalue weighted by molar-refractivity contribution is 6.36. The number of benzene rings is 1. The Balaban J connectivity index is 2.12. The second-order valence-electron chi connectivity index (χ2n) is 3.69. The topological polar surface area (TPSA) is 64.3 Å². The lowest BCUT2D eigenvalue weighted by Gasteiger charge is -2.11. The second kappa shape index (κ2) is 5.95. The quantitative estimate of drug-likeness (QED) is 0.922. The van der Waals surface area contributed by atoms with Crippen LogP contribution in [0.2, 0.25) is 10.0 Å². The van der Waals surface area contributed by atoms with Crippen LogP contribution in [0.4, 0.5) is 0 Å². The Hall–Kier alpha value is -1.72. The zero-order valence-corrected chi connectivity index (χ0v) is 11.2. The van der Waals surface area contributed by atoms with Gasteiger partial charge in [-0.3, -0.25) is 4.68 Å². The first-order chi connectivity index (χ1) is 9.08. The van der Waals surface area contributed by atoms with Gasteiger partial charge in [-0.15, -0.1) is 0 Å². The van der Waals surface area contributed by atoms with E-state index >= 15 is 0 Å². The van der Waals surface area contributed by atoms with E-state index in [-0.39, 0.29) is 28.0 Å². The molecule has 5 nitrogen and oxygen atoms in total. The number of rotatable bonds is 5. The molecule has 1 aromatic carbocycles. The maximum Gasteiger partial charge on any atom is 0.339 e. The van der Waals surface area contributed by atoms with Crippen LogP contribution in [0.5, 0.6) is 5.75 Å². The van der Waals surface area contributed by atoms with E-state index in [2.05, 4.69) is 5.10 Å². The summed E-state index contributed by atoms with van der Waals surface area (Å²) in [6, 6.07) is 4.54. The standard InChI is InChI=1S/C12H10Cl2N2O3/c13-8-6-9(12(17)18)11(10(14)7-8)19-5-4-16-3-1-2-15-16/h1-3,6-7H,4-5H2,(H,17,18). The third-order valence-electron chi connectivity index (χ3n) is 2.36. The monoisotopic (exact) mass is 300 g/mol. The molecule has 0 bridgehead atoms. The molecule has 0 aliphatic heterocycles. The Labute approximate surface area is 119 Å². The van der Waals surface area contributed by atoms with Crippen LogP contribution < -0.4 is 4.74 Å². The van der Waals surface area contributed by atoms with Gasteiger partial charge in [0.15, 0.2) is 5.75 Å². The number of halogens is 2. The summed E-state index contributed by atoms with van der Waals surface area (Å²) >= 11 is 11.7. The number of carboxylic acids is 1. The summed E-state index contributed by atoms with van der Waals surface area (Å²) in [6.45, 7) is 0.744. The Kier molecular flexibility index (Phi) is 4.29. The highest BCUT2D eigenvalue weighted by Gasteiger charge is 2.16. The van der Waals surface area contributed by atoms with Gasteiger partial charge in [0.25, 0.3) is 0 Å². The molecule has 0 saturated heterocycles. The lowest BCUT2D eigenvalue weighted by atomic mass is 10.2. The number of hydrogen-bond donors (Lipinski definition) is 1. The van der Waals surface area contributed by atoms with E-state index in [1.807, 2.05) is 0 Å². The first-order valence-corrected chi connectivity index (χ1v) is 6.16. The second-order valence-corrected chi connectivity index (χ2v) is 4.53. The number of aromatic carboxylic acids is 1. The average molecular weight is 301 g/mol. The highest BCUT2D eigenvalue weighted by atomic mass is 35.5. The number of ether oxygens (including phenoxy) is 1. The summed E-state index contributed by atoms with van der Waals surface area (Å²) < 4.78 is 7.10. The maximum atomic E-state index is 11.1. The molecule has 7 heteroatoms. The SMILES string of the molecule is O=C(O)c1cc(Cl)cc(Cl)c1OCCn1cccn1. The fraction of sp³-hybridized carbons (Fsp3) is 0.167. The van der Waals surface area contributed by atoms with Crippen molar-refractivity contribution in [3.63, 3.8) is 0 Å². The van der Waals surface area contributed by atoms with Crippen LogP contribution in [-0.2, 0) is 6.54 Å². The van der Waals surface area contributed by atoms with Gasteiger partial charge in [-0.1, -0.05) is 23.2 Å². The molecule has 0 fully saturated rings. The van der Waals surface area contributed by atoms with Crippen molar-refractivity contribution in [2.24, 2.45) is 0 Å². The first-order valence-electron chi connectivity index (χ1n) is 5.40. The number of aromatic nitrogens is 2. The molecule has 1 heterocycles. The van der Waals surface area contributed by atoms with Gasteiger partial charge in [-0.25, -0.2) is 4.79 Å². The smallest absolute Gasteiger partial charge is 0.339 e. The fourth-order valence-corrected chi connectivity index (χ4v) is 2.09. The molecule has 0 spiro atoms. The van der Waals surface area contributed by atoms with Crippen molar-refractivity contribution in [1.29, 1.82) is 0 Å². The predicted molar refractivity (Wildman–Crippen MR) is 71.1 cm³/mol. The van der Waals surface area contributed by atoms with E-state index in [1.54, 1.807) is 23.1 Å². The van der Waals surface area contributed by atoms with Crippen molar-refractivity contribution in [2.75, 3.05) is 6.61 Å². The van der Waals surface area contributed by atoms with Gasteiger partial charge in [-0.05, 0) is 18.2 Å². The minimum absolute atomic E-state index is 0.0574. The number of nitrogens with zero attached hydrogens (tertiary/aromatic N) is 2. The van der Waals surface area contributed by atoms with Gasteiger partial charge >= 0.3 is 5.97 Å². The number of carbonyl (C=O) groups is 1. The molecule has 100 valence electrons. The molecule has 0 radical (unpaired) electrons. The summed E-state index contributed by atoms with van der Waals surface area (Å²) in [7, 11) is 0. The van der Waals surface area contributed by atoms with Gasteiger partial charge in [0.1, 0.15) is 12.2 Å². The van der Waals surface area contributed by atoms with Crippen molar-refractivity contribution in [1.82, 2.24) is 9.78 Å². The predicted octanol–water partition coefficient (Wildman–Crippen LogP) is 2.97. The van der Waals surface area contributed by atoms with Crippen molar-refractivity contribution in [2.45, 2.75) is 6.54 Å². The summed E-state index contributed by atoms with van der Waals surface area (Å²) in [6.07, 6.45) is 3.43. The molecule has 2 aromatic rings. The molecule has 0 saturated carbocycles. The number of hydrogen-bond acceptors (Lipinski definition) is 3. The van der Waals surface area contributed by atoms with E-state index in [4.69, 9.17) is 33.0 Å². The Morgan fingerprint density at radius 2 is 2.21 bits per heavy atom. The van der Waals surface area contributed by atoms with Gasteiger partial charge in [0, 0.05) is 17.4 Å². The van der Waals surface area contributed by atoms with E-state index in [9.17, 15) is 4.79 Å². The summed E-state index contributed by atoms with van der Waals surface area (Å²) in [5.74, 6) is -1.02. The molecular formula is C12H10Cl2N2O3. The normalized spacial score (nSPS) is 10.4. The van der Waals surface area contributed by atoms with Gasteiger partial charge in [0.05, 0.1) is 11.6 Å². The molecule has 0 aliphatic rings. The van der Waals surface area contributed by atoms with Crippen LogP contribution >= 0.6 is 23.2 Å². The highest BCUT2D eigenvalue weighted by Crippen LogP contribution is 2.32. The van der Waals surface area contributed by atoms with Gasteiger partial charge < -0.3 is 9.84 Å². The van der Waals surface area contributed by atoms with Gasteiger partial charge in [-0.2, -0.15) is 5.10 Å².